The smallest absolute Gasteiger partial charge is 0.335 e. The number of hydrazone groups is 1. The van der Waals surface area contributed by atoms with Crippen molar-refractivity contribution in [1.29, 1.82) is 0 Å². The Morgan fingerprint density at radius 3 is 1.96 bits per heavy atom. The van der Waals surface area contributed by atoms with Crippen molar-refractivity contribution in [3.05, 3.63) is 81.9 Å². The molecule has 28 heavy (non-hydrogen) atoms. The molecule has 1 aliphatic heterocycles. The van der Waals surface area contributed by atoms with Gasteiger partial charge in [-0.15, -0.1) is 0 Å². The van der Waals surface area contributed by atoms with Gasteiger partial charge < -0.3 is 5.11 Å². The number of nitrogens with zero attached hydrogens (tertiary/aromatic N) is 2. The zero-order chi connectivity index (χ0) is 19.4. The van der Waals surface area contributed by atoms with Gasteiger partial charge in [0.15, 0.2) is 0 Å². The van der Waals surface area contributed by atoms with Crippen LogP contribution in [0, 0.1) is 0 Å². The van der Waals surface area contributed by atoms with Gasteiger partial charge in [0.1, 0.15) is 0 Å². The van der Waals surface area contributed by atoms with Crippen LogP contribution in [-0.4, -0.2) is 34.1 Å². The second kappa shape index (κ2) is 5.85. The maximum Gasteiger partial charge on any atom is 0.335 e. The molecule has 2 amide bonds. The lowest BCUT2D eigenvalue weighted by Crippen LogP contribution is -2.36. The monoisotopic (exact) mass is 370 g/mol. The van der Waals surface area contributed by atoms with Crippen molar-refractivity contribution in [1.82, 2.24) is 5.01 Å². The van der Waals surface area contributed by atoms with E-state index in [9.17, 15) is 14.4 Å². The first-order valence-electron chi connectivity index (χ1n) is 8.88. The van der Waals surface area contributed by atoms with E-state index in [0.717, 1.165) is 28.6 Å². The van der Waals surface area contributed by atoms with Crippen LogP contribution in [0.15, 0.2) is 53.6 Å². The normalized spacial score (nSPS) is 15.1. The van der Waals surface area contributed by atoms with E-state index < -0.39 is 17.8 Å². The molecule has 1 heterocycles. The Labute approximate surface area is 159 Å². The highest BCUT2D eigenvalue weighted by molar-refractivity contribution is 6.26. The Morgan fingerprint density at radius 1 is 0.857 bits per heavy atom. The number of aryl methyl sites for hydroxylation is 2. The van der Waals surface area contributed by atoms with Crippen LogP contribution in [0.25, 0.3) is 10.8 Å². The second-order valence-corrected chi connectivity index (χ2v) is 6.89. The van der Waals surface area contributed by atoms with Gasteiger partial charge in [-0.1, -0.05) is 24.3 Å². The summed E-state index contributed by atoms with van der Waals surface area (Å²) in [4.78, 5) is 36.8. The lowest BCUT2D eigenvalue weighted by Gasteiger charge is -2.23. The van der Waals surface area contributed by atoms with Crippen LogP contribution in [0.5, 0.6) is 0 Å². The fourth-order valence-electron chi connectivity index (χ4n) is 3.95. The third-order valence-electron chi connectivity index (χ3n) is 5.32. The third kappa shape index (κ3) is 2.28. The van der Waals surface area contributed by atoms with Gasteiger partial charge in [-0.2, -0.15) is 10.1 Å². The van der Waals surface area contributed by atoms with E-state index in [2.05, 4.69) is 5.10 Å². The van der Waals surface area contributed by atoms with Gasteiger partial charge in [0.2, 0.25) is 0 Å². The third-order valence-corrected chi connectivity index (χ3v) is 5.32. The van der Waals surface area contributed by atoms with Crippen molar-refractivity contribution in [3.63, 3.8) is 0 Å². The van der Waals surface area contributed by atoms with Crippen molar-refractivity contribution >= 4 is 34.8 Å². The minimum atomic E-state index is -1.02. The van der Waals surface area contributed by atoms with Crippen LogP contribution in [0.2, 0.25) is 0 Å². The number of carbonyl (C=O) groups excluding carboxylic acids is 2. The minimum absolute atomic E-state index is 0.153. The Kier molecular flexibility index (Phi) is 3.42. The number of carbonyl (C=O) groups is 3. The fraction of sp³-hybridized carbons (Fsp3) is 0.0909. The molecule has 0 unspecified atom stereocenters. The summed E-state index contributed by atoms with van der Waals surface area (Å²) in [7, 11) is 0. The first kappa shape index (κ1) is 16.4. The van der Waals surface area contributed by atoms with Crippen molar-refractivity contribution in [2.75, 3.05) is 0 Å². The number of amides is 2. The standard InChI is InChI=1S/C22H14N2O4/c25-20-16-9-7-13-5-6-14-8-10-17(19(16)18(13)14)21(26)24(20)23-11-12-1-3-15(4-2-12)22(27)28/h1-4,7-11H,5-6H2,(H,27,28)/b23-11+. The number of rotatable bonds is 3. The van der Waals surface area contributed by atoms with Gasteiger partial charge in [-0.3, -0.25) is 9.59 Å². The lowest BCUT2D eigenvalue weighted by molar-refractivity contribution is 0.0614. The number of carboxylic acid groups (broad SMARTS) is 1. The van der Waals surface area contributed by atoms with Crippen molar-refractivity contribution in [2.24, 2.45) is 5.10 Å². The van der Waals surface area contributed by atoms with Crippen molar-refractivity contribution in [2.45, 2.75) is 12.8 Å². The maximum absolute atomic E-state index is 12.9. The van der Waals surface area contributed by atoms with Gasteiger partial charge in [-0.05, 0) is 59.2 Å². The van der Waals surface area contributed by atoms with Crippen molar-refractivity contribution in [3.8, 4) is 0 Å². The molecule has 0 saturated carbocycles. The number of imide groups is 1. The molecule has 6 heteroatoms. The molecule has 0 radical (unpaired) electrons. The topological polar surface area (TPSA) is 87.0 Å². The highest BCUT2D eigenvalue weighted by atomic mass is 16.4. The van der Waals surface area contributed by atoms with Gasteiger partial charge >= 0.3 is 5.97 Å². The Hall–Kier alpha value is -3.80. The molecule has 1 aliphatic carbocycles. The maximum atomic E-state index is 12.9. The van der Waals surface area contributed by atoms with Crippen LogP contribution < -0.4 is 0 Å². The molecule has 3 aromatic carbocycles. The summed E-state index contributed by atoms with van der Waals surface area (Å²) >= 11 is 0. The Balaban J connectivity index is 1.55. The number of aromatic carboxylic acids is 1. The molecule has 0 spiro atoms. The highest BCUT2D eigenvalue weighted by Gasteiger charge is 2.34. The van der Waals surface area contributed by atoms with E-state index in [4.69, 9.17) is 5.11 Å². The average Bonchev–Trinajstić information content (AvgIpc) is 3.13. The molecule has 0 aromatic heterocycles. The summed E-state index contributed by atoms with van der Waals surface area (Å²) in [6, 6.07) is 13.5. The first-order valence-corrected chi connectivity index (χ1v) is 8.88. The summed E-state index contributed by atoms with van der Waals surface area (Å²) in [6.45, 7) is 0. The van der Waals surface area contributed by atoms with Crippen LogP contribution in [-0.2, 0) is 12.8 Å². The molecule has 5 rings (SSSR count). The highest BCUT2D eigenvalue weighted by Crippen LogP contribution is 2.38. The van der Waals surface area contributed by atoms with E-state index >= 15 is 0 Å². The van der Waals surface area contributed by atoms with E-state index in [1.165, 1.54) is 29.5 Å². The molecule has 1 N–H and O–H groups in total. The Bertz CT molecular complexity index is 1170. The van der Waals surface area contributed by atoms with E-state index in [1.807, 2.05) is 12.1 Å². The molecule has 0 fully saturated rings. The quantitative estimate of drug-likeness (QED) is 0.566. The predicted octanol–water partition coefficient (Wildman–Crippen LogP) is 3.27. The molecule has 0 saturated heterocycles. The van der Waals surface area contributed by atoms with Crippen LogP contribution in [0.1, 0.15) is 47.8 Å². The zero-order valence-corrected chi connectivity index (χ0v) is 14.7. The SMILES string of the molecule is O=C(O)c1ccc(/C=N/N2C(=O)c3ccc4c5c(ccc(c35)C2=O)CC4)cc1. The van der Waals surface area contributed by atoms with Crippen molar-refractivity contribution < 1.29 is 19.5 Å². The van der Waals surface area contributed by atoms with Gasteiger partial charge in [0, 0.05) is 5.39 Å². The Morgan fingerprint density at radius 2 is 1.43 bits per heavy atom. The molecule has 6 nitrogen and oxygen atoms in total. The van der Waals surface area contributed by atoms with E-state index in [0.29, 0.717) is 16.7 Å². The number of hydrogen-bond acceptors (Lipinski definition) is 4. The van der Waals surface area contributed by atoms with Crippen LogP contribution in [0.4, 0.5) is 0 Å². The number of benzene rings is 3. The first-order chi connectivity index (χ1) is 13.5. The summed E-state index contributed by atoms with van der Waals surface area (Å²) in [5, 5.41) is 15.7. The molecular formula is C22H14N2O4. The van der Waals surface area contributed by atoms with Gasteiger partial charge in [0.25, 0.3) is 11.8 Å². The zero-order valence-electron chi connectivity index (χ0n) is 14.7. The van der Waals surface area contributed by atoms with Crippen LogP contribution in [0.3, 0.4) is 0 Å². The van der Waals surface area contributed by atoms with Crippen LogP contribution >= 0.6 is 0 Å². The predicted molar refractivity (Wildman–Crippen MR) is 103 cm³/mol. The summed E-state index contributed by atoms with van der Waals surface area (Å²) in [5.74, 6) is -1.93. The number of carboxylic acids is 1. The fourth-order valence-corrected chi connectivity index (χ4v) is 3.95. The molecule has 3 aromatic rings. The number of hydrogen-bond donors (Lipinski definition) is 1. The summed E-state index contributed by atoms with van der Waals surface area (Å²) in [6.07, 6.45) is 3.22. The molecule has 136 valence electrons. The molecule has 0 bridgehead atoms. The summed E-state index contributed by atoms with van der Waals surface area (Å²) < 4.78 is 0. The van der Waals surface area contributed by atoms with Gasteiger partial charge in [-0.25, -0.2) is 4.79 Å². The summed E-state index contributed by atoms with van der Waals surface area (Å²) in [5.41, 5.74) is 4.05. The average molecular weight is 370 g/mol. The minimum Gasteiger partial charge on any atom is -0.478 e. The lowest BCUT2D eigenvalue weighted by atomic mass is 9.92. The molecule has 0 atom stereocenters. The second-order valence-electron chi connectivity index (χ2n) is 6.89. The molecule has 2 aliphatic rings. The van der Waals surface area contributed by atoms with E-state index in [1.54, 1.807) is 24.3 Å². The largest absolute Gasteiger partial charge is 0.478 e. The van der Waals surface area contributed by atoms with Gasteiger partial charge in [0.05, 0.1) is 22.9 Å². The molecular weight excluding hydrogens is 356 g/mol. The van der Waals surface area contributed by atoms with E-state index in [-0.39, 0.29) is 5.56 Å².